The van der Waals surface area contributed by atoms with Crippen molar-refractivity contribution in [1.82, 2.24) is 14.5 Å². The van der Waals surface area contributed by atoms with Crippen molar-refractivity contribution in [2.45, 2.75) is 45.3 Å². The van der Waals surface area contributed by atoms with Crippen molar-refractivity contribution < 1.29 is 9.53 Å². The molecule has 2 aromatic rings. The quantitative estimate of drug-likeness (QED) is 0.815. The molecule has 134 valence electrons. The van der Waals surface area contributed by atoms with E-state index in [-0.39, 0.29) is 5.91 Å². The van der Waals surface area contributed by atoms with Crippen molar-refractivity contribution in [3.63, 3.8) is 0 Å². The number of hydrogen-bond donors (Lipinski definition) is 0. The van der Waals surface area contributed by atoms with Crippen LogP contribution in [0.4, 0.5) is 0 Å². The number of nitrogens with zero attached hydrogens (tertiary/aromatic N) is 3. The first kappa shape index (κ1) is 17.8. The maximum atomic E-state index is 12.7. The molecular formula is C19H24ClN3O2. The molecule has 1 saturated heterocycles. The lowest BCUT2D eigenvalue weighted by molar-refractivity contribution is -0.139. The number of rotatable bonds is 5. The van der Waals surface area contributed by atoms with Crippen LogP contribution in [0.1, 0.15) is 38.4 Å². The van der Waals surface area contributed by atoms with E-state index in [0.717, 1.165) is 38.3 Å². The predicted octanol–water partition coefficient (Wildman–Crippen LogP) is 3.73. The van der Waals surface area contributed by atoms with Gasteiger partial charge in [0, 0.05) is 43.0 Å². The van der Waals surface area contributed by atoms with Crippen LogP contribution in [0.2, 0.25) is 5.02 Å². The molecular weight excluding hydrogens is 338 g/mol. The Hall–Kier alpha value is -2.01. The number of piperidine rings is 1. The fourth-order valence-corrected chi connectivity index (χ4v) is 3.54. The fraction of sp³-hybridized carbons (Fsp3) is 0.474. The molecule has 6 heteroatoms. The molecule has 0 spiro atoms. The van der Waals surface area contributed by atoms with Gasteiger partial charge in [0.1, 0.15) is 11.6 Å². The summed E-state index contributed by atoms with van der Waals surface area (Å²) in [4.78, 5) is 19.0. The molecule has 1 amide bonds. The normalized spacial score (nSPS) is 16.7. The third kappa shape index (κ3) is 4.15. The van der Waals surface area contributed by atoms with Crippen LogP contribution in [0.3, 0.4) is 0 Å². The Labute approximate surface area is 153 Å². The topological polar surface area (TPSA) is 47.4 Å². The average Bonchev–Trinajstić information content (AvgIpc) is 3.10. The standard InChI is InChI=1S/C19H24ClN3O2/c1-3-22-12-9-21-18(22)15-7-10-23(11-8-15)19(24)14(2)25-17-6-4-5-16(20)13-17/h4-6,9,12-15H,3,7-8,10-11H2,1-2H3. The van der Waals surface area contributed by atoms with E-state index in [4.69, 9.17) is 16.3 Å². The number of amides is 1. The van der Waals surface area contributed by atoms with Gasteiger partial charge in [-0.05, 0) is 44.9 Å². The van der Waals surface area contributed by atoms with E-state index in [0.29, 0.717) is 16.7 Å². The SMILES string of the molecule is CCn1ccnc1C1CCN(C(=O)C(C)Oc2cccc(Cl)c2)CC1. The van der Waals surface area contributed by atoms with E-state index in [9.17, 15) is 4.79 Å². The van der Waals surface area contributed by atoms with Gasteiger partial charge in [0.2, 0.25) is 0 Å². The van der Waals surface area contributed by atoms with Crippen molar-refractivity contribution in [3.8, 4) is 5.75 Å². The summed E-state index contributed by atoms with van der Waals surface area (Å²) in [5, 5.41) is 0.601. The van der Waals surface area contributed by atoms with E-state index in [1.165, 1.54) is 0 Å². The number of aryl methyl sites for hydroxylation is 1. The Balaban J connectivity index is 1.56. The summed E-state index contributed by atoms with van der Waals surface area (Å²) < 4.78 is 7.94. The third-order valence-corrected chi connectivity index (χ3v) is 4.95. The number of hydrogen-bond acceptors (Lipinski definition) is 3. The van der Waals surface area contributed by atoms with Crippen LogP contribution in [0.15, 0.2) is 36.7 Å². The van der Waals surface area contributed by atoms with Gasteiger partial charge >= 0.3 is 0 Å². The maximum absolute atomic E-state index is 12.7. The van der Waals surface area contributed by atoms with Gasteiger partial charge in [0.05, 0.1) is 0 Å². The zero-order chi connectivity index (χ0) is 17.8. The van der Waals surface area contributed by atoms with E-state index in [1.54, 1.807) is 19.1 Å². The van der Waals surface area contributed by atoms with Gasteiger partial charge in [-0.15, -0.1) is 0 Å². The molecule has 1 fully saturated rings. The molecule has 5 nitrogen and oxygen atoms in total. The second kappa shape index (κ2) is 7.91. The molecule has 1 aromatic carbocycles. The first-order chi connectivity index (χ1) is 12.1. The summed E-state index contributed by atoms with van der Waals surface area (Å²) in [7, 11) is 0. The van der Waals surface area contributed by atoms with Gasteiger partial charge in [-0.3, -0.25) is 4.79 Å². The minimum absolute atomic E-state index is 0.0252. The first-order valence-corrected chi connectivity index (χ1v) is 9.18. The van der Waals surface area contributed by atoms with Crippen molar-refractivity contribution in [3.05, 3.63) is 47.5 Å². The minimum atomic E-state index is -0.521. The highest BCUT2D eigenvalue weighted by atomic mass is 35.5. The highest BCUT2D eigenvalue weighted by molar-refractivity contribution is 6.30. The van der Waals surface area contributed by atoms with Crippen molar-refractivity contribution in [2.75, 3.05) is 13.1 Å². The second-order valence-corrected chi connectivity index (χ2v) is 6.82. The van der Waals surface area contributed by atoms with Crippen LogP contribution in [0.25, 0.3) is 0 Å². The number of aromatic nitrogens is 2. The molecule has 1 aliphatic rings. The van der Waals surface area contributed by atoms with Crippen molar-refractivity contribution >= 4 is 17.5 Å². The smallest absolute Gasteiger partial charge is 0.263 e. The third-order valence-electron chi connectivity index (χ3n) is 4.72. The highest BCUT2D eigenvalue weighted by Gasteiger charge is 2.29. The second-order valence-electron chi connectivity index (χ2n) is 6.39. The number of imidazole rings is 1. The number of ether oxygens (including phenoxy) is 1. The summed E-state index contributed by atoms with van der Waals surface area (Å²) >= 11 is 5.96. The molecule has 1 aliphatic heterocycles. The Morgan fingerprint density at radius 2 is 2.16 bits per heavy atom. The van der Waals surface area contributed by atoms with Gasteiger partial charge in [0.15, 0.2) is 6.10 Å². The average molecular weight is 362 g/mol. The van der Waals surface area contributed by atoms with Crippen molar-refractivity contribution in [1.29, 1.82) is 0 Å². The summed E-state index contributed by atoms with van der Waals surface area (Å²) in [5.41, 5.74) is 0. The van der Waals surface area contributed by atoms with E-state index < -0.39 is 6.10 Å². The lowest BCUT2D eigenvalue weighted by Crippen LogP contribution is -2.44. The van der Waals surface area contributed by atoms with Gasteiger partial charge in [-0.1, -0.05) is 17.7 Å². The predicted molar refractivity (Wildman–Crippen MR) is 98.0 cm³/mol. The number of carbonyl (C=O) groups is 1. The lowest BCUT2D eigenvalue weighted by Gasteiger charge is -2.33. The van der Waals surface area contributed by atoms with Gasteiger partial charge < -0.3 is 14.2 Å². The summed E-state index contributed by atoms with van der Waals surface area (Å²) in [6.45, 7) is 6.32. The molecule has 0 N–H and O–H groups in total. The van der Waals surface area contributed by atoms with Crippen LogP contribution in [-0.4, -0.2) is 39.6 Å². The summed E-state index contributed by atoms with van der Waals surface area (Å²) in [6, 6.07) is 7.14. The fourth-order valence-electron chi connectivity index (χ4n) is 3.36. The Morgan fingerprint density at radius 1 is 1.40 bits per heavy atom. The van der Waals surface area contributed by atoms with Crippen LogP contribution in [0, 0.1) is 0 Å². The van der Waals surface area contributed by atoms with Crippen LogP contribution in [-0.2, 0) is 11.3 Å². The molecule has 0 saturated carbocycles. The van der Waals surface area contributed by atoms with Gasteiger partial charge in [-0.2, -0.15) is 0 Å². The Morgan fingerprint density at radius 3 is 2.84 bits per heavy atom. The molecule has 3 rings (SSSR count). The largest absolute Gasteiger partial charge is 0.481 e. The van der Waals surface area contributed by atoms with E-state index in [1.807, 2.05) is 29.4 Å². The number of carbonyl (C=O) groups excluding carboxylic acids is 1. The Kier molecular flexibility index (Phi) is 5.63. The molecule has 1 unspecified atom stereocenters. The lowest BCUT2D eigenvalue weighted by atomic mass is 9.95. The molecule has 2 heterocycles. The molecule has 0 radical (unpaired) electrons. The zero-order valence-corrected chi connectivity index (χ0v) is 15.4. The Bertz CT molecular complexity index is 723. The first-order valence-electron chi connectivity index (χ1n) is 8.80. The minimum Gasteiger partial charge on any atom is -0.481 e. The number of benzene rings is 1. The number of halogens is 1. The molecule has 1 atom stereocenters. The van der Waals surface area contributed by atoms with E-state index >= 15 is 0 Å². The molecule has 0 bridgehead atoms. The molecule has 25 heavy (non-hydrogen) atoms. The molecule has 0 aliphatic carbocycles. The highest BCUT2D eigenvalue weighted by Crippen LogP contribution is 2.27. The number of likely N-dealkylation sites (tertiary alicyclic amines) is 1. The molecule has 1 aromatic heterocycles. The van der Waals surface area contributed by atoms with Gasteiger partial charge in [-0.25, -0.2) is 4.98 Å². The van der Waals surface area contributed by atoms with Crippen LogP contribution in [0.5, 0.6) is 5.75 Å². The summed E-state index contributed by atoms with van der Waals surface area (Å²) in [5.74, 6) is 2.20. The summed E-state index contributed by atoms with van der Waals surface area (Å²) in [6.07, 6.45) is 5.23. The van der Waals surface area contributed by atoms with E-state index in [2.05, 4.69) is 16.5 Å². The van der Waals surface area contributed by atoms with Crippen molar-refractivity contribution in [2.24, 2.45) is 0 Å². The zero-order valence-electron chi connectivity index (χ0n) is 14.7. The van der Waals surface area contributed by atoms with Crippen LogP contribution >= 0.6 is 11.6 Å². The van der Waals surface area contributed by atoms with Gasteiger partial charge in [0.25, 0.3) is 5.91 Å². The van der Waals surface area contributed by atoms with Crippen LogP contribution < -0.4 is 4.74 Å². The monoisotopic (exact) mass is 361 g/mol. The maximum Gasteiger partial charge on any atom is 0.263 e.